The van der Waals surface area contributed by atoms with Crippen molar-refractivity contribution in [3.05, 3.63) is 16.1 Å². The molecule has 18 heavy (non-hydrogen) atoms. The Bertz CT molecular complexity index is 435. The van der Waals surface area contributed by atoms with Crippen molar-refractivity contribution in [2.24, 2.45) is 0 Å². The second-order valence-electron chi connectivity index (χ2n) is 5.25. The topological polar surface area (TPSA) is 45.2 Å². The highest BCUT2D eigenvalue weighted by Crippen LogP contribution is 2.30. The zero-order valence-corrected chi connectivity index (χ0v) is 11.5. The molecule has 2 heterocycles. The minimum absolute atomic E-state index is 0.186. The summed E-state index contributed by atoms with van der Waals surface area (Å²) in [6.07, 6.45) is 4.75. The van der Waals surface area contributed by atoms with Crippen molar-refractivity contribution in [2.75, 3.05) is 13.1 Å². The van der Waals surface area contributed by atoms with Crippen molar-refractivity contribution in [1.29, 1.82) is 0 Å². The normalized spacial score (nSPS) is 23.3. The van der Waals surface area contributed by atoms with Gasteiger partial charge >= 0.3 is 0 Å². The van der Waals surface area contributed by atoms with Crippen molar-refractivity contribution in [1.82, 2.24) is 15.2 Å². The molecule has 0 radical (unpaired) electrons. The van der Waals surface area contributed by atoms with E-state index >= 15 is 0 Å². The monoisotopic (exact) mass is 265 g/mol. The first-order chi connectivity index (χ1) is 8.75. The Morgan fingerprint density at radius 3 is 2.94 bits per heavy atom. The predicted molar refractivity (Wildman–Crippen MR) is 71.9 cm³/mol. The zero-order valence-electron chi connectivity index (χ0n) is 10.7. The van der Waals surface area contributed by atoms with Gasteiger partial charge < -0.3 is 10.2 Å². The van der Waals surface area contributed by atoms with Gasteiger partial charge in [0.1, 0.15) is 4.88 Å². The second-order valence-corrected chi connectivity index (χ2v) is 6.10. The number of carbonyl (C=O) groups is 1. The lowest BCUT2D eigenvalue weighted by Gasteiger charge is -2.25. The van der Waals surface area contributed by atoms with Crippen molar-refractivity contribution in [3.63, 3.8) is 0 Å². The quantitative estimate of drug-likeness (QED) is 0.903. The Kier molecular flexibility index (Phi) is 3.35. The van der Waals surface area contributed by atoms with Gasteiger partial charge in [-0.15, -0.1) is 11.3 Å². The summed E-state index contributed by atoms with van der Waals surface area (Å²) in [5, 5.41) is 3.48. The smallest absolute Gasteiger partial charge is 0.266 e. The summed E-state index contributed by atoms with van der Waals surface area (Å²) in [4.78, 5) is 19.6. The summed E-state index contributed by atoms with van der Waals surface area (Å²) in [6, 6.07) is 0.962. The van der Waals surface area contributed by atoms with E-state index in [1.165, 1.54) is 24.2 Å². The third-order valence-corrected chi connectivity index (χ3v) is 4.68. The first-order valence-corrected chi connectivity index (χ1v) is 7.58. The van der Waals surface area contributed by atoms with Crippen molar-refractivity contribution in [3.8, 4) is 0 Å². The highest BCUT2D eigenvalue weighted by molar-refractivity contribution is 7.11. The van der Waals surface area contributed by atoms with Crippen LogP contribution in [0.3, 0.4) is 0 Å². The third-order valence-electron chi connectivity index (χ3n) is 3.77. The first-order valence-electron chi connectivity index (χ1n) is 6.70. The molecular formula is C13H19N3OS. The van der Waals surface area contributed by atoms with Crippen LogP contribution in [0.2, 0.25) is 0 Å². The van der Waals surface area contributed by atoms with Gasteiger partial charge in [0.15, 0.2) is 0 Å². The fourth-order valence-corrected chi connectivity index (χ4v) is 3.33. The number of thiazole rings is 1. The van der Waals surface area contributed by atoms with Crippen LogP contribution in [-0.4, -0.2) is 41.0 Å². The van der Waals surface area contributed by atoms with Crippen LogP contribution in [0.15, 0.2) is 5.51 Å². The van der Waals surface area contributed by atoms with E-state index in [1.54, 1.807) is 5.51 Å². The van der Waals surface area contributed by atoms with Crippen LogP contribution in [0.4, 0.5) is 0 Å². The molecule has 0 bridgehead atoms. The van der Waals surface area contributed by atoms with Gasteiger partial charge in [0.2, 0.25) is 0 Å². The van der Waals surface area contributed by atoms with Crippen LogP contribution in [0.1, 0.15) is 41.0 Å². The summed E-state index contributed by atoms with van der Waals surface area (Å²) in [5.41, 5.74) is 2.64. The molecule has 1 unspecified atom stereocenters. The molecule has 2 aliphatic rings. The Hall–Kier alpha value is -0.940. The van der Waals surface area contributed by atoms with Crippen LogP contribution >= 0.6 is 11.3 Å². The van der Waals surface area contributed by atoms with Gasteiger partial charge in [-0.2, -0.15) is 0 Å². The molecule has 5 heteroatoms. The molecule has 1 atom stereocenters. The molecule has 1 amide bonds. The molecule has 1 saturated carbocycles. The molecule has 0 aromatic carbocycles. The van der Waals surface area contributed by atoms with Gasteiger partial charge in [-0.1, -0.05) is 0 Å². The SMILES string of the molecule is Cc1ncsc1C(=O)N(CC1CCCN1)C1CC1. The van der Waals surface area contributed by atoms with E-state index in [-0.39, 0.29) is 5.91 Å². The van der Waals surface area contributed by atoms with Gasteiger partial charge in [0.25, 0.3) is 5.91 Å². The number of hydrogen-bond acceptors (Lipinski definition) is 4. The summed E-state index contributed by atoms with van der Waals surface area (Å²) >= 11 is 1.47. The fraction of sp³-hybridized carbons (Fsp3) is 0.692. The van der Waals surface area contributed by atoms with Crippen LogP contribution < -0.4 is 5.32 Å². The Balaban J connectivity index is 1.73. The molecule has 1 aromatic rings. The molecule has 1 aliphatic carbocycles. The van der Waals surface area contributed by atoms with E-state index in [0.29, 0.717) is 12.1 Å². The minimum Gasteiger partial charge on any atom is -0.333 e. The number of nitrogens with one attached hydrogen (secondary N) is 1. The lowest BCUT2D eigenvalue weighted by atomic mass is 10.2. The van der Waals surface area contributed by atoms with E-state index in [1.807, 2.05) is 6.92 Å². The lowest BCUT2D eigenvalue weighted by Crippen LogP contribution is -2.42. The van der Waals surface area contributed by atoms with Crippen molar-refractivity contribution in [2.45, 2.75) is 44.7 Å². The average Bonchev–Trinajstić information content (AvgIpc) is 2.89. The summed E-state index contributed by atoms with van der Waals surface area (Å²) < 4.78 is 0. The van der Waals surface area contributed by atoms with E-state index in [2.05, 4.69) is 15.2 Å². The first kappa shape index (κ1) is 12.1. The molecule has 4 nitrogen and oxygen atoms in total. The summed E-state index contributed by atoms with van der Waals surface area (Å²) in [7, 11) is 0. The lowest BCUT2D eigenvalue weighted by molar-refractivity contribution is 0.0732. The van der Waals surface area contributed by atoms with Gasteiger partial charge in [-0.3, -0.25) is 4.79 Å². The zero-order chi connectivity index (χ0) is 12.5. The molecular weight excluding hydrogens is 246 g/mol. The minimum atomic E-state index is 0.186. The van der Waals surface area contributed by atoms with E-state index in [9.17, 15) is 4.79 Å². The number of nitrogens with zero attached hydrogens (tertiary/aromatic N) is 2. The van der Waals surface area contributed by atoms with Gasteiger partial charge in [-0.25, -0.2) is 4.98 Å². The maximum absolute atomic E-state index is 12.6. The maximum atomic E-state index is 12.6. The molecule has 1 aromatic heterocycles. The highest BCUT2D eigenvalue weighted by atomic mass is 32.1. The standard InChI is InChI=1S/C13H19N3OS/c1-9-12(18-8-15-9)13(17)16(11-4-5-11)7-10-3-2-6-14-10/h8,10-11,14H,2-7H2,1H3. The number of aryl methyl sites for hydroxylation is 1. The predicted octanol–water partition coefficient (Wildman–Crippen LogP) is 1.81. The molecule has 1 aliphatic heterocycles. The largest absolute Gasteiger partial charge is 0.333 e. The Morgan fingerprint density at radius 2 is 2.39 bits per heavy atom. The highest BCUT2D eigenvalue weighted by Gasteiger charge is 2.35. The van der Waals surface area contributed by atoms with Gasteiger partial charge in [0, 0.05) is 18.6 Å². The molecule has 3 rings (SSSR count). The maximum Gasteiger partial charge on any atom is 0.266 e. The molecule has 98 valence electrons. The van der Waals surface area contributed by atoms with Crippen LogP contribution in [0.5, 0.6) is 0 Å². The van der Waals surface area contributed by atoms with E-state index in [0.717, 1.165) is 36.5 Å². The van der Waals surface area contributed by atoms with Crippen molar-refractivity contribution >= 4 is 17.2 Å². The van der Waals surface area contributed by atoms with Gasteiger partial charge in [-0.05, 0) is 39.2 Å². The number of rotatable bonds is 4. The Labute approximate surface area is 111 Å². The second kappa shape index (κ2) is 4.97. The van der Waals surface area contributed by atoms with E-state index < -0.39 is 0 Å². The van der Waals surface area contributed by atoms with E-state index in [4.69, 9.17) is 0 Å². The summed E-state index contributed by atoms with van der Waals surface area (Å²) in [5.74, 6) is 0.186. The van der Waals surface area contributed by atoms with Crippen LogP contribution in [0.25, 0.3) is 0 Å². The average molecular weight is 265 g/mol. The Morgan fingerprint density at radius 1 is 1.56 bits per heavy atom. The molecule has 2 fully saturated rings. The summed E-state index contributed by atoms with van der Waals surface area (Å²) in [6.45, 7) is 3.88. The third kappa shape index (κ3) is 2.42. The number of amides is 1. The van der Waals surface area contributed by atoms with Crippen molar-refractivity contribution < 1.29 is 4.79 Å². The molecule has 1 N–H and O–H groups in total. The number of hydrogen-bond donors (Lipinski definition) is 1. The fourth-order valence-electron chi connectivity index (χ4n) is 2.57. The van der Waals surface area contributed by atoms with Crippen LogP contribution in [-0.2, 0) is 0 Å². The molecule has 0 spiro atoms. The number of carbonyl (C=O) groups excluding carboxylic acids is 1. The number of aromatic nitrogens is 1. The molecule has 1 saturated heterocycles. The van der Waals surface area contributed by atoms with Gasteiger partial charge in [0.05, 0.1) is 11.2 Å². The van der Waals surface area contributed by atoms with Crippen LogP contribution in [0, 0.1) is 6.92 Å².